The van der Waals surface area contributed by atoms with Crippen molar-refractivity contribution in [1.82, 2.24) is 0 Å². The predicted octanol–water partition coefficient (Wildman–Crippen LogP) is 5.85. The highest BCUT2D eigenvalue weighted by molar-refractivity contribution is 9.10. The number of carbonyl (C=O) groups is 3. The molecule has 1 saturated heterocycles. The predicted molar refractivity (Wildman–Crippen MR) is 150 cm³/mol. The van der Waals surface area contributed by atoms with E-state index < -0.39 is 35.5 Å². The number of imide groups is 1. The number of allylic oxidation sites excluding steroid dienone is 1. The topological polar surface area (TPSA) is 82.1 Å². The molecule has 0 unspecified atom stereocenters. The molecule has 3 aliphatic heterocycles. The third-order valence-electron chi connectivity index (χ3n) is 8.35. The first-order valence-corrected chi connectivity index (χ1v) is 13.8. The molecule has 0 saturated carbocycles. The highest BCUT2D eigenvalue weighted by Crippen LogP contribution is 2.56. The number of hydrogen-bond donors (Lipinski definition) is 0. The van der Waals surface area contributed by atoms with E-state index >= 15 is 0 Å². The minimum Gasteiger partial charge on any atom is -0.454 e. The van der Waals surface area contributed by atoms with E-state index in [-0.39, 0.29) is 12.7 Å². The molecule has 8 rings (SSSR count). The summed E-state index contributed by atoms with van der Waals surface area (Å²) in [6.07, 6.45) is 1.99. The van der Waals surface area contributed by atoms with E-state index in [4.69, 9.17) is 14.2 Å². The third kappa shape index (κ3) is 3.26. The largest absolute Gasteiger partial charge is 0.454 e. The second kappa shape index (κ2) is 8.53. The van der Waals surface area contributed by atoms with Gasteiger partial charge in [-0.15, -0.1) is 0 Å². The summed E-state index contributed by atoms with van der Waals surface area (Å²) in [5.74, 6) is -2.71. The molecular formula is C32H20BrNO6. The fourth-order valence-corrected chi connectivity index (χ4v) is 6.89. The Morgan fingerprint density at radius 3 is 2.38 bits per heavy atom. The van der Waals surface area contributed by atoms with Gasteiger partial charge in [0.1, 0.15) is 5.75 Å². The molecule has 0 N–H and O–H groups in total. The number of fused-ring (bicyclic) bond motifs is 8. The Kier molecular flexibility index (Phi) is 5.00. The standard InChI is InChI=1S/C32H20BrNO6/c33-18-7-9-19(10-8-18)34-30(35)27-21(17-6-11-23-25(13-17)39-15-38-23)14-22-26-20-4-2-1-3-16(20)5-12-24(26)40-32(37)28(22)29(27)31(34)36/h1-14,21,27-29H,15H2/t21-,27+,28+,29-/m1/s1. The molecule has 0 spiro atoms. The molecule has 7 nitrogen and oxygen atoms in total. The summed E-state index contributed by atoms with van der Waals surface area (Å²) < 4.78 is 17.8. The fraction of sp³-hybridized carbons (Fsp3) is 0.156. The fourth-order valence-electron chi connectivity index (χ4n) is 6.62. The number of ether oxygens (including phenoxy) is 3. The lowest BCUT2D eigenvalue weighted by Gasteiger charge is -2.38. The second-order valence-corrected chi connectivity index (χ2v) is 11.3. The van der Waals surface area contributed by atoms with Gasteiger partial charge in [0.25, 0.3) is 0 Å². The van der Waals surface area contributed by atoms with Crippen LogP contribution in [0.3, 0.4) is 0 Å². The van der Waals surface area contributed by atoms with E-state index in [1.54, 1.807) is 30.3 Å². The van der Waals surface area contributed by atoms with Crippen molar-refractivity contribution in [2.75, 3.05) is 11.7 Å². The number of anilines is 1. The normalized spacial score (nSPS) is 24.4. The number of benzene rings is 4. The maximum Gasteiger partial charge on any atom is 0.319 e. The number of halogens is 1. The monoisotopic (exact) mass is 593 g/mol. The molecule has 1 fully saturated rings. The number of nitrogens with zero attached hydrogens (tertiary/aromatic N) is 1. The molecule has 0 bridgehead atoms. The van der Waals surface area contributed by atoms with Crippen molar-refractivity contribution in [3.8, 4) is 17.2 Å². The lowest BCUT2D eigenvalue weighted by molar-refractivity contribution is -0.142. The molecule has 8 heteroatoms. The van der Waals surface area contributed by atoms with Gasteiger partial charge in [-0.25, -0.2) is 4.90 Å². The van der Waals surface area contributed by atoms with Crippen molar-refractivity contribution in [3.63, 3.8) is 0 Å². The zero-order chi connectivity index (χ0) is 27.1. The molecule has 0 radical (unpaired) electrons. The third-order valence-corrected chi connectivity index (χ3v) is 8.88. The van der Waals surface area contributed by atoms with Crippen molar-refractivity contribution in [2.45, 2.75) is 5.92 Å². The first kappa shape index (κ1) is 23.5. The first-order valence-electron chi connectivity index (χ1n) is 13.0. The van der Waals surface area contributed by atoms with Gasteiger partial charge in [0.15, 0.2) is 11.5 Å². The number of rotatable bonds is 2. The Hall–Kier alpha value is -4.43. The summed E-state index contributed by atoms with van der Waals surface area (Å²) in [5, 5.41) is 1.92. The lowest BCUT2D eigenvalue weighted by atomic mass is 9.64. The highest BCUT2D eigenvalue weighted by Gasteiger charge is 2.60. The summed E-state index contributed by atoms with van der Waals surface area (Å²) in [4.78, 5) is 43.2. The van der Waals surface area contributed by atoms with E-state index in [9.17, 15) is 14.4 Å². The van der Waals surface area contributed by atoms with Gasteiger partial charge in [-0.3, -0.25) is 14.4 Å². The number of amides is 2. The summed E-state index contributed by atoms with van der Waals surface area (Å²) in [6.45, 7) is 0.124. The van der Waals surface area contributed by atoms with Crippen molar-refractivity contribution in [2.24, 2.45) is 17.8 Å². The molecule has 4 atom stereocenters. The maximum absolute atomic E-state index is 14.2. The van der Waals surface area contributed by atoms with Gasteiger partial charge >= 0.3 is 5.97 Å². The van der Waals surface area contributed by atoms with Gasteiger partial charge in [-0.2, -0.15) is 0 Å². The van der Waals surface area contributed by atoms with Crippen molar-refractivity contribution in [1.29, 1.82) is 0 Å². The SMILES string of the molecule is O=C1Oc2ccc3ccccc3c2C2=C[C@H](c3ccc4c(c3)OCO4)[C@@H]3C(=O)N(c4ccc(Br)cc4)C(=O)[C@H]3[C@@H]12. The zero-order valence-corrected chi connectivity index (χ0v) is 22.5. The Labute approximate surface area is 237 Å². The van der Waals surface area contributed by atoms with Gasteiger partial charge in [0, 0.05) is 16.0 Å². The Balaban J connectivity index is 1.36. The van der Waals surface area contributed by atoms with Crippen LogP contribution in [0.2, 0.25) is 0 Å². The van der Waals surface area contributed by atoms with Crippen LogP contribution < -0.4 is 19.1 Å². The quantitative estimate of drug-likeness (QED) is 0.165. The molecule has 40 heavy (non-hydrogen) atoms. The molecule has 1 aliphatic carbocycles. The van der Waals surface area contributed by atoms with E-state index in [1.807, 2.05) is 54.6 Å². The van der Waals surface area contributed by atoms with Crippen molar-refractivity contribution in [3.05, 3.63) is 101 Å². The maximum atomic E-state index is 14.2. The van der Waals surface area contributed by atoms with Gasteiger partial charge < -0.3 is 14.2 Å². The van der Waals surface area contributed by atoms with Gasteiger partial charge in [-0.05, 0) is 64.4 Å². The minimum atomic E-state index is -0.925. The highest BCUT2D eigenvalue weighted by atomic mass is 79.9. The van der Waals surface area contributed by atoms with E-state index in [1.165, 1.54) is 4.90 Å². The van der Waals surface area contributed by atoms with Crippen LogP contribution in [0.1, 0.15) is 17.0 Å². The van der Waals surface area contributed by atoms with E-state index in [0.29, 0.717) is 28.5 Å². The molecule has 3 heterocycles. The van der Waals surface area contributed by atoms with E-state index in [2.05, 4.69) is 15.9 Å². The van der Waals surface area contributed by atoms with Crippen LogP contribution in [0.15, 0.2) is 89.4 Å². The van der Waals surface area contributed by atoms with Crippen molar-refractivity contribution < 1.29 is 28.6 Å². The van der Waals surface area contributed by atoms with Crippen LogP contribution in [0, 0.1) is 17.8 Å². The summed E-state index contributed by atoms with van der Waals surface area (Å²) in [6, 6.07) is 24.2. The molecule has 4 aromatic rings. The van der Waals surface area contributed by atoms with Gasteiger partial charge in [-0.1, -0.05) is 58.4 Å². The molecule has 2 amide bonds. The summed E-state index contributed by atoms with van der Waals surface area (Å²) in [7, 11) is 0. The minimum absolute atomic E-state index is 0.124. The second-order valence-electron chi connectivity index (χ2n) is 10.4. The van der Waals surface area contributed by atoms with Gasteiger partial charge in [0.05, 0.1) is 23.4 Å². The van der Waals surface area contributed by atoms with Crippen LogP contribution in [-0.4, -0.2) is 24.6 Å². The van der Waals surface area contributed by atoms with Crippen LogP contribution in [0.5, 0.6) is 17.2 Å². The average Bonchev–Trinajstić information content (AvgIpc) is 3.54. The van der Waals surface area contributed by atoms with Crippen LogP contribution in [0.25, 0.3) is 16.3 Å². The Bertz CT molecular complexity index is 1810. The Morgan fingerprint density at radius 2 is 1.52 bits per heavy atom. The smallest absolute Gasteiger partial charge is 0.319 e. The molecule has 196 valence electrons. The van der Waals surface area contributed by atoms with Gasteiger partial charge in [0.2, 0.25) is 18.6 Å². The Morgan fingerprint density at radius 1 is 0.775 bits per heavy atom. The zero-order valence-electron chi connectivity index (χ0n) is 20.9. The molecule has 4 aromatic carbocycles. The van der Waals surface area contributed by atoms with Crippen LogP contribution >= 0.6 is 15.9 Å². The molecule has 0 aromatic heterocycles. The first-order chi connectivity index (χ1) is 19.5. The number of esters is 1. The lowest BCUT2D eigenvalue weighted by Crippen LogP contribution is -2.42. The van der Waals surface area contributed by atoms with Crippen LogP contribution in [-0.2, 0) is 14.4 Å². The molecule has 4 aliphatic rings. The van der Waals surface area contributed by atoms with Crippen LogP contribution in [0.4, 0.5) is 5.69 Å². The summed E-state index contributed by atoms with van der Waals surface area (Å²) >= 11 is 3.42. The number of carbonyl (C=O) groups excluding carboxylic acids is 3. The van der Waals surface area contributed by atoms with Crippen molar-refractivity contribution >= 4 is 55.7 Å². The molecular weight excluding hydrogens is 574 g/mol. The summed E-state index contributed by atoms with van der Waals surface area (Å²) in [5.41, 5.74) is 2.78. The number of hydrogen-bond acceptors (Lipinski definition) is 6. The van der Waals surface area contributed by atoms with E-state index in [0.717, 1.165) is 26.4 Å². The average molecular weight is 594 g/mol.